The lowest BCUT2D eigenvalue weighted by atomic mass is 9.89. The van der Waals surface area contributed by atoms with Crippen LogP contribution in [0.4, 0.5) is 0 Å². The van der Waals surface area contributed by atoms with Gasteiger partial charge in [-0.15, -0.1) is 0 Å². The van der Waals surface area contributed by atoms with E-state index in [2.05, 4.69) is 64.2 Å². The fraction of sp³-hybridized carbons (Fsp3) is 0.440. The average Bonchev–Trinajstić information content (AvgIpc) is 3.05. The lowest BCUT2D eigenvalue weighted by Gasteiger charge is -2.40. The van der Waals surface area contributed by atoms with Crippen LogP contribution in [0.5, 0.6) is 0 Å². The molecule has 29 heavy (non-hydrogen) atoms. The molecule has 4 heteroatoms. The molecule has 152 valence electrons. The molecular formula is C25H31N3O. The van der Waals surface area contributed by atoms with Gasteiger partial charge in [-0.2, -0.15) is 0 Å². The second-order valence-electron chi connectivity index (χ2n) is 8.71. The zero-order valence-electron chi connectivity index (χ0n) is 17.3. The summed E-state index contributed by atoms with van der Waals surface area (Å²) in [4.78, 5) is 2.53. The molecule has 0 bridgehead atoms. The van der Waals surface area contributed by atoms with E-state index in [0.717, 1.165) is 26.2 Å². The van der Waals surface area contributed by atoms with Gasteiger partial charge in [-0.05, 0) is 49.4 Å². The maximum Gasteiger partial charge on any atom is 0.0791 e. The van der Waals surface area contributed by atoms with Crippen molar-refractivity contribution in [3.8, 4) is 0 Å². The Kier molecular flexibility index (Phi) is 5.17. The highest BCUT2D eigenvalue weighted by molar-refractivity contribution is 5.87. The number of hydrogen-bond donors (Lipinski definition) is 2. The molecule has 5 rings (SSSR count). The smallest absolute Gasteiger partial charge is 0.0791 e. The van der Waals surface area contributed by atoms with E-state index in [4.69, 9.17) is 0 Å². The second-order valence-corrected chi connectivity index (χ2v) is 8.71. The van der Waals surface area contributed by atoms with Crippen molar-refractivity contribution in [2.45, 2.75) is 51.4 Å². The third kappa shape index (κ3) is 3.61. The van der Waals surface area contributed by atoms with Gasteiger partial charge in [0.1, 0.15) is 0 Å². The predicted octanol–water partition coefficient (Wildman–Crippen LogP) is 3.79. The Balaban J connectivity index is 1.29. The molecule has 1 aliphatic heterocycles. The molecule has 0 spiro atoms. The summed E-state index contributed by atoms with van der Waals surface area (Å²) in [5, 5.41) is 15.6. The molecule has 2 heterocycles. The normalized spacial score (nSPS) is 20.0. The molecule has 4 nitrogen and oxygen atoms in total. The Morgan fingerprint density at radius 1 is 1.14 bits per heavy atom. The fourth-order valence-corrected chi connectivity index (χ4v) is 5.32. The van der Waals surface area contributed by atoms with Crippen molar-refractivity contribution in [1.82, 2.24) is 14.8 Å². The highest BCUT2D eigenvalue weighted by Crippen LogP contribution is 2.42. The summed E-state index contributed by atoms with van der Waals surface area (Å²) < 4.78 is 2.56. The number of aryl methyl sites for hydroxylation is 2. The van der Waals surface area contributed by atoms with E-state index in [-0.39, 0.29) is 6.10 Å². The monoisotopic (exact) mass is 389 g/mol. The molecule has 1 aromatic heterocycles. The van der Waals surface area contributed by atoms with Crippen LogP contribution in [0, 0.1) is 6.92 Å². The van der Waals surface area contributed by atoms with E-state index in [9.17, 15) is 5.11 Å². The summed E-state index contributed by atoms with van der Waals surface area (Å²) in [6.45, 7) is 6.41. The first-order chi connectivity index (χ1) is 14.2. The molecule has 2 aliphatic rings. The minimum Gasteiger partial charge on any atom is -0.390 e. The van der Waals surface area contributed by atoms with Gasteiger partial charge in [-0.1, -0.05) is 42.0 Å². The summed E-state index contributed by atoms with van der Waals surface area (Å²) in [6.07, 6.45) is 3.28. The van der Waals surface area contributed by atoms with Crippen LogP contribution in [-0.4, -0.2) is 40.3 Å². The molecule has 2 aromatic carbocycles. The largest absolute Gasteiger partial charge is 0.390 e. The number of nitrogens with one attached hydrogen (secondary N) is 1. The molecule has 0 radical (unpaired) electrons. The number of fused-ring (bicyclic) bond motifs is 3. The number of rotatable bonds is 6. The van der Waals surface area contributed by atoms with Crippen LogP contribution in [0.15, 0.2) is 48.5 Å². The molecule has 1 aliphatic carbocycles. The van der Waals surface area contributed by atoms with Gasteiger partial charge in [-0.25, -0.2) is 0 Å². The minimum atomic E-state index is -0.345. The van der Waals surface area contributed by atoms with E-state index in [1.54, 1.807) is 5.56 Å². The fourth-order valence-electron chi connectivity index (χ4n) is 5.32. The van der Waals surface area contributed by atoms with Crippen molar-refractivity contribution in [3.05, 3.63) is 70.9 Å². The standard InChI is InChI=1S/C25H31N3O/c1-18-10-11-23-22(14-18)21-8-5-9-24-25(21)28(23)13-12-27(24)17-20(29)16-26-15-19-6-3-2-4-7-19/h2-4,6-7,10-11,14,20,24,26,29H,5,8-9,12-13,15-17H2,1H3/t20-,24-/m1/s1. The zero-order valence-corrected chi connectivity index (χ0v) is 17.3. The van der Waals surface area contributed by atoms with E-state index in [1.165, 1.54) is 47.0 Å². The van der Waals surface area contributed by atoms with Gasteiger partial charge >= 0.3 is 0 Å². The quantitative estimate of drug-likeness (QED) is 0.674. The van der Waals surface area contributed by atoms with Crippen molar-refractivity contribution < 1.29 is 5.11 Å². The molecule has 0 saturated heterocycles. The number of β-amino-alcohol motifs (C(OH)–C–C–N with tert-alkyl or cyclic N) is 1. The van der Waals surface area contributed by atoms with Crippen LogP contribution in [0.25, 0.3) is 10.9 Å². The highest BCUT2D eigenvalue weighted by Gasteiger charge is 2.35. The second kappa shape index (κ2) is 7.94. The van der Waals surface area contributed by atoms with E-state index < -0.39 is 0 Å². The van der Waals surface area contributed by atoms with Gasteiger partial charge in [-0.3, -0.25) is 4.90 Å². The molecule has 0 fully saturated rings. The molecule has 2 atom stereocenters. The maximum atomic E-state index is 10.7. The number of benzene rings is 2. The van der Waals surface area contributed by atoms with Crippen LogP contribution in [-0.2, 0) is 19.5 Å². The van der Waals surface area contributed by atoms with E-state index in [0.29, 0.717) is 12.6 Å². The van der Waals surface area contributed by atoms with Gasteiger partial charge in [0.25, 0.3) is 0 Å². The molecule has 0 saturated carbocycles. The van der Waals surface area contributed by atoms with Gasteiger partial charge in [0.15, 0.2) is 0 Å². The number of aromatic nitrogens is 1. The van der Waals surface area contributed by atoms with Gasteiger partial charge in [0, 0.05) is 49.3 Å². The van der Waals surface area contributed by atoms with Crippen LogP contribution in [0.1, 0.15) is 41.3 Å². The van der Waals surface area contributed by atoms with Gasteiger partial charge < -0.3 is 15.0 Å². The summed E-state index contributed by atoms with van der Waals surface area (Å²) in [5.74, 6) is 0. The van der Waals surface area contributed by atoms with E-state index >= 15 is 0 Å². The summed E-state index contributed by atoms with van der Waals surface area (Å²) >= 11 is 0. The Labute approximate surface area is 173 Å². The Hall–Kier alpha value is -2.14. The van der Waals surface area contributed by atoms with Crippen LogP contribution >= 0.6 is 0 Å². The molecule has 0 unspecified atom stereocenters. The van der Waals surface area contributed by atoms with Crippen LogP contribution < -0.4 is 5.32 Å². The minimum absolute atomic E-state index is 0.345. The number of aliphatic hydroxyl groups excluding tert-OH is 1. The van der Waals surface area contributed by atoms with Crippen molar-refractivity contribution >= 4 is 10.9 Å². The Bertz CT molecular complexity index is 994. The molecular weight excluding hydrogens is 358 g/mol. The lowest BCUT2D eigenvalue weighted by molar-refractivity contribution is 0.0639. The van der Waals surface area contributed by atoms with Crippen LogP contribution in [0.2, 0.25) is 0 Å². The molecule has 0 amide bonds. The summed E-state index contributed by atoms with van der Waals surface area (Å²) in [6, 6.07) is 17.7. The third-order valence-electron chi connectivity index (χ3n) is 6.64. The highest BCUT2D eigenvalue weighted by atomic mass is 16.3. The van der Waals surface area contributed by atoms with Crippen molar-refractivity contribution in [1.29, 1.82) is 0 Å². The van der Waals surface area contributed by atoms with E-state index in [1.807, 2.05) is 6.07 Å². The Morgan fingerprint density at radius 2 is 2.00 bits per heavy atom. The van der Waals surface area contributed by atoms with Crippen molar-refractivity contribution in [2.24, 2.45) is 0 Å². The predicted molar refractivity (Wildman–Crippen MR) is 118 cm³/mol. The van der Waals surface area contributed by atoms with Gasteiger partial charge in [0.2, 0.25) is 0 Å². The summed E-state index contributed by atoms with van der Waals surface area (Å²) in [5.41, 5.74) is 7.08. The summed E-state index contributed by atoms with van der Waals surface area (Å²) in [7, 11) is 0. The first-order valence-corrected chi connectivity index (χ1v) is 11.0. The number of nitrogens with zero attached hydrogens (tertiary/aromatic N) is 2. The maximum absolute atomic E-state index is 10.7. The molecule has 3 aromatic rings. The Morgan fingerprint density at radius 3 is 2.86 bits per heavy atom. The lowest BCUT2D eigenvalue weighted by Crippen LogP contribution is -2.45. The third-order valence-corrected chi connectivity index (χ3v) is 6.64. The van der Waals surface area contributed by atoms with Crippen molar-refractivity contribution in [2.75, 3.05) is 19.6 Å². The topological polar surface area (TPSA) is 40.4 Å². The SMILES string of the molecule is Cc1ccc2c(c1)c1c3n2CCN(C[C@H](O)CNCc2ccccc2)[C@@H]3CCC1. The van der Waals surface area contributed by atoms with Gasteiger partial charge in [0.05, 0.1) is 12.1 Å². The average molecular weight is 390 g/mol. The first kappa shape index (κ1) is 18.9. The number of aliphatic hydroxyl groups is 1. The number of hydrogen-bond acceptors (Lipinski definition) is 3. The van der Waals surface area contributed by atoms with Crippen molar-refractivity contribution in [3.63, 3.8) is 0 Å². The zero-order chi connectivity index (χ0) is 19.8. The first-order valence-electron chi connectivity index (χ1n) is 11.0. The van der Waals surface area contributed by atoms with Crippen LogP contribution in [0.3, 0.4) is 0 Å². The molecule has 2 N–H and O–H groups in total.